The number of hydrogen-bond acceptors (Lipinski definition) is 4. The molecule has 0 bridgehead atoms. The molecule has 3 rings (SSSR count). The van der Waals surface area contributed by atoms with Gasteiger partial charge in [-0.05, 0) is 51.3 Å². The molecule has 1 N–H and O–H groups in total. The summed E-state index contributed by atoms with van der Waals surface area (Å²) in [6, 6.07) is 9.89. The first-order valence-corrected chi connectivity index (χ1v) is 8.63. The number of pyridine rings is 1. The third-order valence-electron chi connectivity index (χ3n) is 4.01. The molecule has 1 saturated heterocycles. The third kappa shape index (κ3) is 4.93. The van der Waals surface area contributed by atoms with Crippen molar-refractivity contribution in [2.75, 3.05) is 26.2 Å². The molecule has 0 radical (unpaired) electrons. The standard InChI is InChI=1S/C17H17BrF3N3O/c18-15-11-13(5-6-23-15)16(24-9-7-22-8-10-24)12-1-3-14(4-2-12)25-17(19,20)21/h1-6,11,16,22H,7-10H2/t16-/m1/s1. The molecule has 2 aromatic rings. The molecule has 0 saturated carbocycles. The maximum Gasteiger partial charge on any atom is 0.573 e. The van der Waals surface area contributed by atoms with E-state index in [9.17, 15) is 13.2 Å². The van der Waals surface area contributed by atoms with Gasteiger partial charge in [0.2, 0.25) is 0 Å². The van der Waals surface area contributed by atoms with E-state index in [2.05, 4.69) is 35.9 Å². The van der Waals surface area contributed by atoms with Crippen molar-refractivity contribution < 1.29 is 17.9 Å². The van der Waals surface area contributed by atoms with Gasteiger partial charge in [-0.15, -0.1) is 13.2 Å². The highest BCUT2D eigenvalue weighted by Crippen LogP contribution is 2.32. The predicted molar refractivity (Wildman–Crippen MR) is 91.3 cm³/mol. The fourth-order valence-corrected chi connectivity index (χ4v) is 3.38. The van der Waals surface area contributed by atoms with Crippen molar-refractivity contribution >= 4 is 15.9 Å². The van der Waals surface area contributed by atoms with Crippen LogP contribution in [0.25, 0.3) is 0 Å². The molecule has 1 aliphatic heterocycles. The van der Waals surface area contributed by atoms with Gasteiger partial charge in [-0.25, -0.2) is 4.98 Å². The highest BCUT2D eigenvalue weighted by molar-refractivity contribution is 9.10. The van der Waals surface area contributed by atoms with Crippen LogP contribution in [0.15, 0.2) is 47.2 Å². The minimum Gasteiger partial charge on any atom is -0.406 e. The van der Waals surface area contributed by atoms with Crippen molar-refractivity contribution in [2.24, 2.45) is 0 Å². The molecular weight excluding hydrogens is 399 g/mol. The number of hydrogen-bond donors (Lipinski definition) is 1. The van der Waals surface area contributed by atoms with E-state index in [1.807, 2.05) is 12.1 Å². The summed E-state index contributed by atoms with van der Waals surface area (Å²) in [7, 11) is 0. The highest BCUT2D eigenvalue weighted by Gasteiger charge is 2.31. The lowest BCUT2D eigenvalue weighted by Crippen LogP contribution is -2.45. The molecule has 8 heteroatoms. The fraction of sp³-hybridized carbons (Fsp3) is 0.353. The molecule has 0 unspecified atom stereocenters. The second-order valence-corrected chi connectivity index (χ2v) is 6.53. The number of nitrogens with one attached hydrogen (secondary N) is 1. The Labute approximate surface area is 152 Å². The molecule has 2 heterocycles. The Kier molecular flexibility index (Phi) is 5.61. The number of aromatic nitrogens is 1. The molecule has 1 fully saturated rings. The van der Waals surface area contributed by atoms with Crippen LogP contribution in [0, 0.1) is 0 Å². The molecule has 1 aliphatic rings. The van der Waals surface area contributed by atoms with Gasteiger partial charge in [0.25, 0.3) is 0 Å². The van der Waals surface area contributed by atoms with E-state index in [4.69, 9.17) is 0 Å². The van der Waals surface area contributed by atoms with Crippen LogP contribution in [0.1, 0.15) is 17.2 Å². The van der Waals surface area contributed by atoms with Crippen molar-refractivity contribution in [1.82, 2.24) is 15.2 Å². The van der Waals surface area contributed by atoms with Crippen molar-refractivity contribution in [3.05, 3.63) is 58.3 Å². The molecule has 25 heavy (non-hydrogen) atoms. The number of nitrogens with zero attached hydrogens (tertiary/aromatic N) is 2. The monoisotopic (exact) mass is 415 g/mol. The molecule has 0 amide bonds. The smallest absolute Gasteiger partial charge is 0.406 e. The summed E-state index contributed by atoms with van der Waals surface area (Å²) in [6.45, 7) is 3.45. The van der Waals surface area contributed by atoms with Crippen molar-refractivity contribution in [2.45, 2.75) is 12.4 Å². The lowest BCUT2D eigenvalue weighted by molar-refractivity contribution is -0.274. The Morgan fingerprint density at radius 2 is 1.76 bits per heavy atom. The van der Waals surface area contributed by atoms with Gasteiger partial charge in [0.05, 0.1) is 6.04 Å². The maximum atomic E-state index is 12.4. The Bertz CT molecular complexity index is 703. The molecule has 1 aromatic heterocycles. The van der Waals surface area contributed by atoms with Crippen LogP contribution in [0.3, 0.4) is 0 Å². The van der Waals surface area contributed by atoms with Gasteiger partial charge in [0, 0.05) is 32.4 Å². The second kappa shape index (κ2) is 7.72. The highest BCUT2D eigenvalue weighted by atomic mass is 79.9. The van der Waals surface area contributed by atoms with Gasteiger partial charge >= 0.3 is 6.36 Å². The van der Waals surface area contributed by atoms with Crippen LogP contribution >= 0.6 is 15.9 Å². The normalized spacial score (nSPS) is 17.3. The van der Waals surface area contributed by atoms with E-state index in [-0.39, 0.29) is 11.8 Å². The first-order chi connectivity index (χ1) is 11.9. The molecular formula is C17H17BrF3N3O. The summed E-state index contributed by atoms with van der Waals surface area (Å²) < 4.78 is 41.7. The number of alkyl halides is 3. The number of rotatable bonds is 4. The first kappa shape index (κ1) is 18.2. The van der Waals surface area contributed by atoms with Gasteiger partial charge in [-0.1, -0.05) is 12.1 Å². The Hall–Kier alpha value is -1.64. The number of halogens is 4. The zero-order valence-corrected chi connectivity index (χ0v) is 14.8. The fourth-order valence-electron chi connectivity index (χ4n) is 2.99. The molecule has 0 spiro atoms. The Morgan fingerprint density at radius 3 is 2.36 bits per heavy atom. The zero-order valence-electron chi connectivity index (χ0n) is 13.3. The van der Waals surface area contributed by atoms with E-state index in [0.717, 1.165) is 41.9 Å². The molecule has 134 valence electrons. The number of piperazine rings is 1. The summed E-state index contributed by atoms with van der Waals surface area (Å²) in [5.74, 6) is -0.216. The third-order valence-corrected chi connectivity index (χ3v) is 4.45. The predicted octanol–water partition coefficient (Wildman–Crippen LogP) is 3.74. The van der Waals surface area contributed by atoms with Crippen LogP contribution in [0.2, 0.25) is 0 Å². The summed E-state index contributed by atoms with van der Waals surface area (Å²) in [4.78, 5) is 6.46. The van der Waals surface area contributed by atoms with Gasteiger partial charge < -0.3 is 10.1 Å². The summed E-state index contributed by atoms with van der Waals surface area (Å²) in [5, 5.41) is 3.31. The van der Waals surface area contributed by atoms with E-state index >= 15 is 0 Å². The van der Waals surface area contributed by atoms with E-state index in [1.165, 1.54) is 12.1 Å². The van der Waals surface area contributed by atoms with Gasteiger partial charge in [-0.2, -0.15) is 0 Å². The average Bonchev–Trinajstić information content (AvgIpc) is 2.56. The molecule has 4 nitrogen and oxygen atoms in total. The van der Waals surface area contributed by atoms with Gasteiger partial charge in [0.1, 0.15) is 10.4 Å². The van der Waals surface area contributed by atoms with Crippen LogP contribution in [0.4, 0.5) is 13.2 Å². The van der Waals surface area contributed by atoms with Crippen LogP contribution < -0.4 is 10.1 Å². The van der Waals surface area contributed by atoms with Crippen molar-refractivity contribution in [1.29, 1.82) is 0 Å². The number of ether oxygens (including phenoxy) is 1. The average molecular weight is 416 g/mol. The van der Waals surface area contributed by atoms with Crippen LogP contribution in [-0.4, -0.2) is 42.4 Å². The lowest BCUT2D eigenvalue weighted by atomic mass is 9.97. The Morgan fingerprint density at radius 1 is 1.08 bits per heavy atom. The van der Waals surface area contributed by atoms with E-state index < -0.39 is 6.36 Å². The molecule has 0 aliphatic carbocycles. The SMILES string of the molecule is FC(F)(F)Oc1ccc([C@H](c2ccnc(Br)c2)N2CCNCC2)cc1. The second-order valence-electron chi connectivity index (χ2n) is 5.72. The zero-order chi connectivity index (χ0) is 17.9. The van der Waals surface area contributed by atoms with Crippen LogP contribution in [-0.2, 0) is 0 Å². The minimum absolute atomic E-state index is 0.0543. The maximum absolute atomic E-state index is 12.4. The molecule has 1 aromatic carbocycles. The summed E-state index contributed by atoms with van der Waals surface area (Å²) in [5.41, 5.74) is 1.95. The Balaban J connectivity index is 1.91. The van der Waals surface area contributed by atoms with Crippen LogP contribution in [0.5, 0.6) is 5.75 Å². The van der Waals surface area contributed by atoms with Crippen molar-refractivity contribution in [3.8, 4) is 5.75 Å². The summed E-state index contributed by atoms with van der Waals surface area (Å²) >= 11 is 3.38. The largest absolute Gasteiger partial charge is 0.573 e. The van der Waals surface area contributed by atoms with Gasteiger partial charge in [0.15, 0.2) is 0 Å². The minimum atomic E-state index is -4.69. The topological polar surface area (TPSA) is 37.4 Å². The quantitative estimate of drug-likeness (QED) is 0.771. The van der Waals surface area contributed by atoms with Gasteiger partial charge in [-0.3, -0.25) is 4.90 Å². The first-order valence-electron chi connectivity index (χ1n) is 7.84. The molecule has 1 atom stereocenters. The summed E-state index contributed by atoms with van der Waals surface area (Å²) in [6.07, 6.45) is -2.97. The van der Waals surface area contributed by atoms with Crippen molar-refractivity contribution in [3.63, 3.8) is 0 Å². The number of benzene rings is 1. The van der Waals surface area contributed by atoms with E-state index in [0.29, 0.717) is 0 Å². The van der Waals surface area contributed by atoms with E-state index in [1.54, 1.807) is 18.3 Å². The lowest BCUT2D eigenvalue weighted by Gasteiger charge is -2.35.